The molecule has 19 heavy (non-hydrogen) atoms. The van der Waals surface area contributed by atoms with Crippen molar-refractivity contribution in [2.75, 3.05) is 44.6 Å². The van der Waals surface area contributed by atoms with Crippen LogP contribution in [0.1, 0.15) is 5.56 Å². The second kappa shape index (κ2) is 6.49. The fraction of sp³-hybridized carbons (Fsp3) is 0.538. The second-order valence-corrected chi connectivity index (χ2v) is 4.77. The molecule has 1 aromatic carbocycles. The molecule has 0 atom stereocenters. The van der Waals surface area contributed by atoms with Crippen LogP contribution in [0.3, 0.4) is 0 Å². The molecule has 104 valence electrons. The molecule has 0 radical (unpaired) electrons. The Bertz CT molecular complexity index is 444. The van der Waals surface area contributed by atoms with Gasteiger partial charge in [-0.3, -0.25) is 15.0 Å². The molecule has 6 heteroatoms. The highest BCUT2D eigenvalue weighted by Gasteiger charge is 2.10. The molecule has 0 saturated carbocycles. The highest BCUT2D eigenvalue weighted by atomic mass is 16.6. The number of nitrogens with one attached hydrogen (secondary N) is 2. The van der Waals surface area contributed by atoms with Gasteiger partial charge in [0.15, 0.2) is 0 Å². The lowest BCUT2D eigenvalue weighted by molar-refractivity contribution is -0.384. The Morgan fingerprint density at radius 3 is 2.79 bits per heavy atom. The Kier molecular flexibility index (Phi) is 4.70. The lowest BCUT2D eigenvalue weighted by Gasteiger charge is -2.27. The number of non-ortho nitro benzene ring substituents is 1. The predicted octanol–water partition coefficient (Wildman–Crippen LogP) is 1.22. The summed E-state index contributed by atoms with van der Waals surface area (Å²) in [6.45, 7) is 8.02. The summed E-state index contributed by atoms with van der Waals surface area (Å²) in [5.74, 6) is 0. The predicted molar refractivity (Wildman–Crippen MR) is 75.6 cm³/mol. The van der Waals surface area contributed by atoms with Crippen molar-refractivity contribution in [2.45, 2.75) is 6.92 Å². The molecule has 6 nitrogen and oxygen atoms in total. The van der Waals surface area contributed by atoms with Crippen LogP contribution in [0.5, 0.6) is 0 Å². The van der Waals surface area contributed by atoms with E-state index in [0.29, 0.717) is 0 Å². The number of nitro benzene ring substituents is 1. The van der Waals surface area contributed by atoms with Crippen LogP contribution in [0, 0.1) is 17.0 Å². The fourth-order valence-electron chi connectivity index (χ4n) is 2.24. The van der Waals surface area contributed by atoms with Gasteiger partial charge in [0, 0.05) is 57.1 Å². The minimum atomic E-state index is -0.364. The van der Waals surface area contributed by atoms with Gasteiger partial charge >= 0.3 is 0 Å². The van der Waals surface area contributed by atoms with Gasteiger partial charge in [-0.15, -0.1) is 0 Å². The van der Waals surface area contributed by atoms with Crippen molar-refractivity contribution >= 4 is 11.4 Å². The van der Waals surface area contributed by atoms with E-state index in [1.165, 1.54) is 0 Å². The van der Waals surface area contributed by atoms with Crippen LogP contribution < -0.4 is 10.6 Å². The third kappa shape index (κ3) is 3.90. The summed E-state index contributed by atoms with van der Waals surface area (Å²) >= 11 is 0. The van der Waals surface area contributed by atoms with Gasteiger partial charge in [-0.1, -0.05) is 0 Å². The molecule has 0 unspecified atom stereocenters. The van der Waals surface area contributed by atoms with Gasteiger partial charge in [0.1, 0.15) is 0 Å². The minimum absolute atomic E-state index is 0.144. The average Bonchev–Trinajstić information content (AvgIpc) is 2.41. The highest BCUT2D eigenvalue weighted by molar-refractivity contribution is 5.55. The summed E-state index contributed by atoms with van der Waals surface area (Å²) in [7, 11) is 0. The van der Waals surface area contributed by atoms with Crippen molar-refractivity contribution in [3.8, 4) is 0 Å². The monoisotopic (exact) mass is 264 g/mol. The lowest BCUT2D eigenvalue weighted by atomic mass is 10.2. The van der Waals surface area contributed by atoms with Crippen molar-refractivity contribution in [3.63, 3.8) is 0 Å². The Balaban J connectivity index is 1.83. The largest absolute Gasteiger partial charge is 0.384 e. The zero-order valence-corrected chi connectivity index (χ0v) is 11.2. The maximum Gasteiger partial charge on any atom is 0.269 e. The molecule has 1 aromatic rings. The van der Waals surface area contributed by atoms with Gasteiger partial charge in [-0.2, -0.15) is 0 Å². The zero-order chi connectivity index (χ0) is 13.7. The molecule has 1 saturated heterocycles. The highest BCUT2D eigenvalue weighted by Crippen LogP contribution is 2.20. The van der Waals surface area contributed by atoms with Crippen LogP contribution in [0.25, 0.3) is 0 Å². The van der Waals surface area contributed by atoms with E-state index in [1.807, 2.05) is 6.92 Å². The van der Waals surface area contributed by atoms with E-state index in [1.54, 1.807) is 18.2 Å². The lowest BCUT2D eigenvalue weighted by Crippen LogP contribution is -2.45. The van der Waals surface area contributed by atoms with Gasteiger partial charge < -0.3 is 10.6 Å². The summed E-state index contributed by atoms with van der Waals surface area (Å²) in [6.07, 6.45) is 0. The van der Waals surface area contributed by atoms with Gasteiger partial charge in [-0.05, 0) is 18.6 Å². The Morgan fingerprint density at radius 2 is 2.16 bits per heavy atom. The van der Waals surface area contributed by atoms with E-state index in [-0.39, 0.29) is 10.6 Å². The van der Waals surface area contributed by atoms with Crippen molar-refractivity contribution in [1.82, 2.24) is 10.2 Å². The molecule has 0 spiro atoms. The van der Waals surface area contributed by atoms with Crippen LogP contribution in [0.2, 0.25) is 0 Å². The second-order valence-electron chi connectivity index (χ2n) is 4.77. The van der Waals surface area contributed by atoms with E-state index < -0.39 is 0 Å². The van der Waals surface area contributed by atoms with Crippen LogP contribution in [0.4, 0.5) is 11.4 Å². The first-order valence-electron chi connectivity index (χ1n) is 6.59. The number of rotatable bonds is 5. The molecule has 0 amide bonds. The van der Waals surface area contributed by atoms with Crippen molar-refractivity contribution in [3.05, 3.63) is 33.9 Å². The molecule has 0 bridgehead atoms. The molecule has 1 aliphatic rings. The first-order chi connectivity index (χ1) is 9.16. The van der Waals surface area contributed by atoms with Crippen molar-refractivity contribution in [1.29, 1.82) is 0 Å². The molecule has 1 aliphatic heterocycles. The Hall–Kier alpha value is -1.66. The molecular weight excluding hydrogens is 244 g/mol. The standard InChI is InChI=1S/C13H20N4O2/c1-11-10-12(17(18)19)2-3-13(11)15-6-9-16-7-4-14-5-8-16/h2-3,10,14-15H,4-9H2,1H3. The fourth-order valence-corrected chi connectivity index (χ4v) is 2.24. The smallest absolute Gasteiger partial charge is 0.269 e. The van der Waals surface area contributed by atoms with Crippen LogP contribution in [-0.4, -0.2) is 49.1 Å². The SMILES string of the molecule is Cc1cc([N+](=O)[O-])ccc1NCCN1CCNCC1. The van der Waals surface area contributed by atoms with Gasteiger partial charge in [0.2, 0.25) is 0 Å². The van der Waals surface area contributed by atoms with Crippen LogP contribution in [0.15, 0.2) is 18.2 Å². The van der Waals surface area contributed by atoms with Crippen molar-refractivity contribution in [2.24, 2.45) is 0 Å². The van der Waals surface area contributed by atoms with Crippen molar-refractivity contribution < 1.29 is 4.92 Å². The van der Waals surface area contributed by atoms with E-state index >= 15 is 0 Å². The summed E-state index contributed by atoms with van der Waals surface area (Å²) in [5.41, 5.74) is 2.03. The van der Waals surface area contributed by atoms with E-state index in [4.69, 9.17) is 0 Å². The van der Waals surface area contributed by atoms with Crippen LogP contribution in [-0.2, 0) is 0 Å². The van der Waals surface area contributed by atoms with E-state index in [2.05, 4.69) is 15.5 Å². The topological polar surface area (TPSA) is 70.4 Å². The number of piperazine rings is 1. The first-order valence-corrected chi connectivity index (χ1v) is 6.59. The number of hydrogen-bond acceptors (Lipinski definition) is 5. The summed E-state index contributed by atoms with van der Waals surface area (Å²) in [5, 5.41) is 17.3. The molecular formula is C13H20N4O2. The molecule has 0 aromatic heterocycles. The van der Waals surface area contributed by atoms with Crippen LogP contribution >= 0.6 is 0 Å². The minimum Gasteiger partial charge on any atom is -0.384 e. The number of anilines is 1. The van der Waals surface area contributed by atoms with E-state index in [0.717, 1.165) is 50.5 Å². The number of benzene rings is 1. The Morgan fingerprint density at radius 1 is 1.42 bits per heavy atom. The molecule has 1 heterocycles. The summed E-state index contributed by atoms with van der Waals surface area (Å²) in [4.78, 5) is 12.7. The molecule has 0 aliphatic carbocycles. The summed E-state index contributed by atoms with van der Waals surface area (Å²) < 4.78 is 0. The third-order valence-corrected chi connectivity index (χ3v) is 3.37. The molecule has 1 fully saturated rings. The third-order valence-electron chi connectivity index (χ3n) is 3.37. The maximum atomic E-state index is 10.7. The maximum absolute atomic E-state index is 10.7. The van der Waals surface area contributed by atoms with Gasteiger partial charge in [0.05, 0.1) is 4.92 Å². The summed E-state index contributed by atoms with van der Waals surface area (Å²) in [6, 6.07) is 4.93. The number of nitro groups is 1. The van der Waals surface area contributed by atoms with Gasteiger partial charge in [0.25, 0.3) is 5.69 Å². The number of nitrogens with zero attached hydrogens (tertiary/aromatic N) is 2. The molecule has 2 N–H and O–H groups in total. The quantitative estimate of drug-likeness (QED) is 0.618. The normalized spacial score (nSPS) is 16.3. The number of hydrogen-bond donors (Lipinski definition) is 2. The Labute approximate surface area is 112 Å². The van der Waals surface area contributed by atoms with E-state index in [9.17, 15) is 10.1 Å². The first kappa shape index (κ1) is 13.8. The average molecular weight is 264 g/mol. The molecule has 2 rings (SSSR count). The zero-order valence-electron chi connectivity index (χ0n) is 11.2. The number of aryl methyl sites for hydroxylation is 1. The van der Waals surface area contributed by atoms with Gasteiger partial charge in [-0.25, -0.2) is 0 Å².